The average Bonchev–Trinajstić information content (AvgIpc) is 2.36. The van der Waals surface area contributed by atoms with Gasteiger partial charge in [-0.15, -0.1) is 0 Å². The van der Waals surface area contributed by atoms with E-state index in [-0.39, 0.29) is 11.5 Å². The van der Waals surface area contributed by atoms with Crippen molar-refractivity contribution in [2.24, 2.45) is 0 Å². The molecule has 0 saturated heterocycles. The van der Waals surface area contributed by atoms with Crippen molar-refractivity contribution in [2.75, 3.05) is 27.3 Å². The van der Waals surface area contributed by atoms with E-state index in [0.29, 0.717) is 0 Å². The van der Waals surface area contributed by atoms with Crippen molar-refractivity contribution < 1.29 is 9.47 Å². The average molecular weight is 247 g/mol. The molecule has 1 aliphatic carbocycles. The van der Waals surface area contributed by atoms with Crippen LogP contribution in [0.3, 0.4) is 0 Å². The van der Waals surface area contributed by atoms with E-state index in [0.717, 1.165) is 18.9 Å². The summed E-state index contributed by atoms with van der Waals surface area (Å²) < 4.78 is 11.6. The Bertz CT molecular complexity index is 440. The molecule has 1 atom stereocenters. The third-order valence-electron chi connectivity index (χ3n) is 4.44. The molecule has 1 saturated carbocycles. The van der Waals surface area contributed by atoms with Gasteiger partial charge in [0.25, 0.3) is 0 Å². The van der Waals surface area contributed by atoms with Crippen LogP contribution in [0.5, 0.6) is 5.75 Å². The minimum Gasteiger partial charge on any atom is -0.496 e. The summed E-state index contributed by atoms with van der Waals surface area (Å²) in [6.45, 7) is 1.70. The number of ether oxygens (including phenoxy) is 2. The van der Waals surface area contributed by atoms with Gasteiger partial charge in [-0.25, -0.2) is 0 Å². The molecule has 1 aliphatic heterocycles. The third-order valence-corrected chi connectivity index (χ3v) is 4.44. The van der Waals surface area contributed by atoms with Crippen LogP contribution in [-0.2, 0) is 10.2 Å². The molecule has 3 nitrogen and oxygen atoms in total. The van der Waals surface area contributed by atoms with Gasteiger partial charge in [0.2, 0.25) is 0 Å². The van der Waals surface area contributed by atoms with Crippen molar-refractivity contribution in [3.05, 3.63) is 29.3 Å². The Morgan fingerprint density at radius 3 is 2.89 bits per heavy atom. The fourth-order valence-electron chi connectivity index (χ4n) is 3.30. The van der Waals surface area contributed by atoms with E-state index in [2.05, 4.69) is 17.4 Å². The number of fused-ring (bicyclic) bond motifs is 2. The van der Waals surface area contributed by atoms with E-state index < -0.39 is 0 Å². The molecule has 1 fully saturated rings. The quantitative estimate of drug-likeness (QED) is 0.889. The number of hydrogen-bond donors (Lipinski definition) is 1. The maximum Gasteiger partial charge on any atom is 0.125 e. The molecule has 3 rings (SSSR count). The van der Waals surface area contributed by atoms with E-state index in [1.807, 2.05) is 13.1 Å². The Morgan fingerprint density at radius 1 is 1.44 bits per heavy atom. The van der Waals surface area contributed by atoms with Crippen molar-refractivity contribution in [3.63, 3.8) is 0 Å². The minimum atomic E-state index is 0.118. The number of nitrogens with one attached hydrogen (secondary N) is 1. The highest BCUT2D eigenvalue weighted by Gasteiger charge is 2.45. The lowest BCUT2D eigenvalue weighted by Crippen LogP contribution is -2.45. The number of benzene rings is 1. The van der Waals surface area contributed by atoms with Crippen LogP contribution in [0.2, 0.25) is 0 Å². The number of rotatable bonds is 3. The molecular weight excluding hydrogens is 226 g/mol. The normalized spacial score (nSPS) is 24.4. The van der Waals surface area contributed by atoms with Gasteiger partial charge < -0.3 is 14.8 Å². The van der Waals surface area contributed by atoms with Crippen LogP contribution in [0.4, 0.5) is 0 Å². The second-order valence-corrected chi connectivity index (χ2v) is 5.41. The molecule has 1 spiro atoms. The molecule has 1 unspecified atom stereocenters. The van der Waals surface area contributed by atoms with Crippen LogP contribution in [0.1, 0.15) is 36.5 Å². The molecule has 0 radical (unpaired) electrons. The maximum atomic E-state index is 6.10. The van der Waals surface area contributed by atoms with E-state index in [1.54, 1.807) is 7.11 Å². The zero-order valence-corrected chi connectivity index (χ0v) is 11.2. The second-order valence-electron chi connectivity index (χ2n) is 5.41. The Hall–Kier alpha value is -1.06. The summed E-state index contributed by atoms with van der Waals surface area (Å²) in [5, 5.41) is 3.21. The Balaban J connectivity index is 2.07. The van der Waals surface area contributed by atoms with Crippen LogP contribution >= 0.6 is 0 Å². The van der Waals surface area contributed by atoms with Gasteiger partial charge in [0, 0.05) is 17.5 Å². The van der Waals surface area contributed by atoms with Gasteiger partial charge in [0.15, 0.2) is 0 Å². The summed E-state index contributed by atoms with van der Waals surface area (Å²) in [6.07, 6.45) is 3.93. The van der Waals surface area contributed by atoms with Gasteiger partial charge in [-0.2, -0.15) is 0 Å². The van der Waals surface area contributed by atoms with Crippen LogP contribution in [0, 0.1) is 0 Å². The maximum absolute atomic E-state index is 6.10. The first-order valence-corrected chi connectivity index (χ1v) is 6.74. The van der Waals surface area contributed by atoms with Crippen molar-refractivity contribution in [2.45, 2.75) is 30.8 Å². The predicted molar refractivity (Wildman–Crippen MR) is 71.1 cm³/mol. The van der Waals surface area contributed by atoms with E-state index in [4.69, 9.17) is 9.47 Å². The van der Waals surface area contributed by atoms with Gasteiger partial charge in [-0.1, -0.05) is 18.6 Å². The third kappa shape index (κ3) is 1.65. The number of methoxy groups -OCH3 is 1. The zero-order chi connectivity index (χ0) is 12.6. The molecule has 3 heteroatoms. The van der Waals surface area contributed by atoms with Gasteiger partial charge in [0.1, 0.15) is 5.75 Å². The highest BCUT2D eigenvalue weighted by Crippen LogP contribution is 2.51. The first kappa shape index (κ1) is 12.0. The molecule has 1 aromatic rings. The lowest BCUT2D eigenvalue weighted by atomic mass is 9.62. The van der Waals surface area contributed by atoms with Crippen molar-refractivity contribution in [3.8, 4) is 5.75 Å². The van der Waals surface area contributed by atoms with Crippen molar-refractivity contribution >= 4 is 0 Å². The first-order chi connectivity index (χ1) is 8.80. The summed E-state index contributed by atoms with van der Waals surface area (Å²) in [6, 6.07) is 6.42. The molecule has 0 aromatic heterocycles. The summed E-state index contributed by atoms with van der Waals surface area (Å²) in [7, 11) is 3.71. The summed E-state index contributed by atoms with van der Waals surface area (Å²) >= 11 is 0. The Morgan fingerprint density at radius 2 is 2.28 bits per heavy atom. The largest absolute Gasteiger partial charge is 0.496 e. The van der Waals surface area contributed by atoms with E-state index in [9.17, 15) is 0 Å². The molecule has 0 amide bonds. The molecule has 1 aromatic carbocycles. The smallest absolute Gasteiger partial charge is 0.125 e. The number of hydrogen-bond acceptors (Lipinski definition) is 3. The van der Waals surface area contributed by atoms with Crippen LogP contribution < -0.4 is 10.1 Å². The molecular formula is C15H21NO2. The van der Waals surface area contributed by atoms with Crippen LogP contribution in [0.25, 0.3) is 0 Å². The SMILES string of the molecule is CNCC1OCC2(CCC2)c2cccc(OC)c21. The van der Waals surface area contributed by atoms with Crippen molar-refractivity contribution in [1.29, 1.82) is 0 Å². The molecule has 2 aliphatic rings. The zero-order valence-electron chi connectivity index (χ0n) is 11.2. The standard InChI is InChI=1S/C15H21NO2/c1-16-9-13-14-11(5-3-6-12(14)17-2)15(10-18-13)7-4-8-15/h3,5-6,13,16H,4,7-10H2,1-2H3. The molecule has 1 N–H and O–H groups in total. The minimum absolute atomic E-state index is 0.118. The fraction of sp³-hybridized carbons (Fsp3) is 0.600. The van der Waals surface area contributed by atoms with Crippen molar-refractivity contribution in [1.82, 2.24) is 5.32 Å². The highest BCUT2D eigenvalue weighted by molar-refractivity contribution is 5.48. The number of likely N-dealkylation sites (N-methyl/N-ethyl adjacent to an activating group) is 1. The van der Waals surface area contributed by atoms with Crippen LogP contribution in [0.15, 0.2) is 18.2 Å². The first-order valence-electron chi connectivity index (χ1n) is 6.74. The van der Waals surface area contributed by atoms with E-state index >= 15 is 0 Å². The lowest BCUT2D eigenvalue weighted by molar-refractivity contribution is -0.0277. The van der Waals surface area contributed by atoms with Gasteiger partial charge in [-0.05, 0) is 31.5 Å². The molecule has 1 heterocycles. The van der Waals surface area contributed by atoms with E-state index in [1.165, 1.54) is 30.4 Å². The highest BCUT2D eigenvalue weighted by atomic mass is 16.5. The van der Waals surface area contributed by atoms with Gasteiger partial charge in [-0.3, -0.25) is 0 Å². The second kappa shape index (κ2) is 4.56. The topological polar surface area (TPSA) is 30.5 Å². The predicted octanol–water partition coefficient (Wildman–Crippen LogP) is 2.41. The molecule has 98 valence electrons. The molecule has 0 bridgehead atoms. The van der Waals surface area contributed by atoms with Gasteiger partial charge >= 0.3 is 0 Å². The monoisotopic (exact) mass is 247 g/mol. The van der Waals surface area contributed by atoms with Crippen LogP contribution in [-0.4, -0.2) is 27.3 Å². The Labute approximate surface area is 108 Å². The molecule has 18 heavy (non-hydrogen) atoms. The fourth-order valence-corrected chi connectivity index (χ4v) is 3.30. The van der Waals surface area contributed by atoms with Gasteiger partial charge in [0.05, 0.1) is 19.8 Å². The summed E-state index contributed by atoms with van der Waals surface area (Å²) in [4.78, 5) is 0. The lowest BCUT2D eigenvalue weighted by Gasteiger charge is -2.48. The summed E-state index contributed by atoms with van der Waals surface area (Å²) in [5.41, 5.74) is 2.99. The summed E-state index contributed by atoms with van der Waals surface area (Å²) in [5.74, 6) is 0.971. The Kier molecular flexibility index (Phi) is 3.04.